The quantitative estimate of drug-likeness (QED) is 0.232. The summed E-state index contributed by atoms with van der Waals surface area (Å²) in [5.41, 5.74) is 3.21. The first-order chi connectivity index (χ1) is 12.7. The van der Waals surface area contributed by atoms with E-state index in [1.54, 1.807) is 6.07 Å². The van der Waals surface area contributed by atoms with Gasteiger partial charge in [0.05, 0.1) is 5.16 Å². The van der Waals surface area contributed by atoms with Crippen LogP contribution in [0, 0.1) is 5.82 Å². The van der Waals surface area contributed by atoms with Crippen molar-refractivity contribution in [1.29, 1.82) is 0 Å². The Morgan fingerprint density at radius 1 is 0.962 bits per heavy atom. The molecule has 1 heterocycles. The molecule has 0 N–H and O–H groups in total. The van der Waals surface area contributed by atoms with Crippen LogP contribution in [-0.2, 0) is 6.42 Å². The molecule has 3 aromatic rings. The van der Waals surface area contributed by atoms with E-state index in [4.69, 9.17) is 0 Å². The highest BCUT2D eigenvalue weighted by molar-refractivity contribution is 7.78. The average molecular weight is 382 g/mol. The third kappa shape index (κ3) is 4.53. The number of unbranched alkanes of at least 4 members (excludes halogenated alkanes) is 2. The molecule has 0 fully saturated rings. The minimum Gasteiger partial charge on any atom is -0.205 e. The van der Waals surface area contributed by atoms with Gasteiger partial charge >= 0.3 is 0 Å². The summed E-state index contributed by atoms with van der Waals surface area (Å²) in [4.78, 5) is 6.43. The lowest BCUT2D eigenvalue weighted by Crippen LogP contribution is -1.82. The average Bonchev–Trinajstić information content (AvgIpc) is 3.13. The second-order valence-electron chi connectivity index (χ2n) is 6.17. The Labute approximate surface area is 163 Å². The predicted octanol–water partition coefficient (Wildman–Crippen LogP) is 7.69. The predicted molar refractivity (Wildman–Crippen MR) is 113 cm³/mol. The number of benzene rings is 2. The Hall–Kier alpha value is -2.13. The van der Waals surface area contributed by atoms with Gasteiger partial charge in [0.2, 0.25) is 0 Å². The van der Waals surface area contributed by atoms with Gasteiger partial charge in [0.1, 0.15) is 11.5 Å². The number of thiophene rings is 1. The van der Waals surface area contributed by atoms with Gasteiger partial charge in [-0.1, -0.05) is 50.1 Å². The van der Waals surface area contributed by atoms with Crippen LogP contribution in [0.25, 0.3) is 21.6 Å². The molecular formula is C22H20FNS2. The molecule has 4 heteroatoms. The number of thiocarbonyl (C=S) groups is 1. The van der Waals surface area contributed by atoms with Gasteiger partial charge in [-0.2, -0.15) is 4.99 Å². The molecule has 26 heavy (non-hydrogen) atoms. The van der Waals surface area contributed by atoms with Crippen LogP contribution in [0.5, 0.6) is 0 Å². The standard InChI is InChI=1S/C22H20FNS2/c1-2-3-4-5-19-11-13-22(26-19)17-8-6-16(7-9-17)18-10-12-21(24-15-25)20(23)14-18/h6-14H,2-5H2,1H3. The van der Waals surface area contributed by atoms with Crippen molar-refractivity contribution in [3.05, 3.63) is 65.3 Å². The van der Waals surface area contributed by atoms with E-state index in [1.807, 2.05) is 29.5 Å². The largest absolute Gasteiger partial charge is 0.205 e. The van der Waals surface area contributed by atoms with Crippen LogP contribution in [0.4, 0.5) is 10.1 Å². The number of isothiocyanates is 1. The summed E-state index contributed by atoms with van der Waals surface area (Å²) >= 11 is 6.39. The fraction of sp³-hybridized carbons (Fsp3) is 0.227. The van der Waals surface area contributed by atoms with Gasteiger partial charge in [-0.25, -0.2) is 4.39 Å². The Kier molecular flexibility index (Phi) is 6.45. The SMILES string of the molecule is CCCCCc1ccc(-c2ccc(-c3ccc(N=C=S)c(F)c3)cc2)s1. The molecule has 0 aliphatic carbocycles. The lowest BCUT2D eigenvalue weighted by molar-refractivity contribution is 0.630. The third-order valence-corrected chi connectivity index (χ3v) is 5.59. The van der Waals surface area contributed by atoms with Crippen LogP contribution in [0.2, 0.25) is 0 Å². The molecule has 132 valence electrons. The maximum atomic E-state index is 14.0. The topological polar surface area (TPSA) is 12.4 Å². The van der Waals surface area contributed by atoms with Crippen molar-refractivity contribution in [2.75, 3.05) is 0 Å². The molecule has 2 aromatic carbocycles. The van der Waals surface area contributed by atoms with E-state index in [9.17, 15) is 4.39 Å². The highest BCUT2D eigenvalue weighted by Crippen LogP contribution is 2.32. The van der Waals surface area contributed by atoms with Crippen molar-refractivity contribution in [2.45, 2.75) is 32.6 Å². The summed E-state index contributed by atoms with van der Waals surface area (Å²) in [5.74, 6) is -0.390. The van der Waals surface area contributed by atoms with E-state index < -0.39 is 0 Å². The van der Waals surface area contributed by atoms with Crippen molar-refractivity contribution in [1.82, 2.24) is 0 Å². The van der Waals surface area contributed by atoms with Crippen LogP contribution >= 0.6 is 23.6 Å². The zero-order chi connectivity index (χ0) is 18.4. The van der Waals surface area contributed by atoms with Gasteiger partial charge in [0.25, 0.3) is 0 Å². The van der Waals surface area contributed by atoms with Crippen LogP contribution in [-0.4, -0.2) is 5.16 Å². The van der Waals surface area contributed by atoms with Crippen molar-refractivity contribution in [3.8, 4) is 21.6 Å². The van der Waals surface area contributed by atoms with E-state index in [0.29, 0.717) is 0 Å². The summed E-state index contributed by atoms with van der Waals surface area (Å²) in [7, 11) is 0. The zero-order valence-electron chi connectivity index (χ0n) is 14.7. The number of aliphatic imine (C=N–C) groups is 1. The van der Waals surface area contributed by atoms with Crippen LogP contribution in [0.3, 0.4) is 0 Å². The molecule has 0 unspecified atom stereocenters. The second kappa shape index (κ2) is 9.00. The molecule has 0 spiro atoms. The summed E-state index contributed by atoms with van der Waals surface area (Å²) in [6.45, 7) is 2.23. The number of hydrogen-bond donors (Lipinski definition) is 0. The van der Waals surface area contributed by atoms with E-state index in [0.717, 1.165) is 17.5 Å². The van der Waals surface area contributed by atoms with Crippen molar-refractivity contribution < 1.29 is 4.39 Å². The van der Waals surface area contributed by atoms with Crippen molar-refractivity contribution >= 4 is 34.4 Å². The van der Waals surface area contributed by atoms with E-state index in [1.165, 1.54) is 40.6 Å². The van der Waals surface area contributed by atoms with E-state index in [2.05, 4.69) is 53.6 Å². The number of halogens is 1. The van der Waals surface area contributed by atoms with Gasteiger partial charge < -0.3 is 0 Å². The Bertz CT molecular complexity index is 922. The summed E-state index contributed by atoms with van der Waals surface area (Å²) < 4.78 is 14.0. The molecule has 3 rings (SSSR count). The van der Waals surface area contributed by atoms with Gasteiger partial charge in [-0.3, -0.25) is 0 Å². The maximum Gasteiger partial charge on any atom is 0.150 e. The first-order valence-electron chi connectivity index (χ1n) is 8.78. The Morgan fingerprint density at radius 2 is 1.69 bits per heavy atom. The highest BCUT2D eigenvalue weighted by Gasteiger charge is 2.06. The Morgan fingerprint density at radius 3 is 2.38 bits per heavy atom. The third-order valence-electron chi connectivity index (χ3n) is 4.30. The highest BCUT2D eigenvalue weighted by atomic mass is 32.1. The first-order valence-corrected chi connectivity index (χ1v) is 10.0. The lowest BCUT2D eigenvalue weighted by Gasteiger charge is -2.05. The molecule has 1 aromatic heterocycles. The molecule has 0 saturated heterocycles. The molecule has 0 aliphatic rings. The number of rotatable bonds is 7. The summed E-state index contributed by atoms with van der Waals surface area (Å²) in [5, 5.41) is 2.20. The monoisotopic (exact) mass is 381 g/mol. The minimum atomic E-state index is -0.390. The van der Waals surface area contributed by atoms with Crippen molar-refractivity contribution in [2.24, 2.45) is 4.99 Å². The second-order valence-corrected chi connectivity index (χ2v) is 7.52. The van der Waals surface area contributed by atoms with Crippen molar-refractivity contribution in [3.63, 3.8) is 0 Å². The number of nitrogens with zero attached hydrogens (tertiary/aromatic N) is 1. The summed E-state index contributed by atoms with van der Waals surface area (Å²) in [6.07, 6.45) is 4.95. The molecule has 0 saturated carbocycles. The molecule has 0 bridgehead atoms. The zero-order valence-corrected chi connectivity index (χ0v) is 16.3. The molecule has 0 aliphatic heterocycles. The normalized spacial score (nSPS) is 10.5. The molecule has 1 nitrogen and oxygen atoms in total. The first kappa shape index (κ1) is 18.7. The Balaban J connectivity index is 1.76. The van der Waals surface area contributed by atoms with Gasteiger partial charge in [-0.05, 0) is 66.0 Å². The van der Waals surface area contributed by atoms with Crippen LogP contribution in [0.15, 0.2) is 59.6 Å². The van der Waals surface area contributed by atoms with Gasteiger partial charge in [-0.15, -0.1) is 11.3 Å². The van der Waals surface area contributed by atoms with E-state index in [-0.39, 0.29) is 11.5 Å². The smallest absolute Gasteiger partial charge is 0.150 e. The minimum absolute atomic E-state index is 0.217. The summed E-state index contributed by atoms with van der Waals surface area (Å²) in [6, 6.07) is 17.6. The van der Waals surface area contributed by atoms with Gasteiger partial charge in [0.15, 0.2) is 0 Å². The molecule has 0 amide bonds. The molecular weight excluding hydrogens is 361 g/mol. The maximum absolute atomic E-state index is 14.0. The number of aryl methyl sites for hydroxylation is 1. The van der Waals surface area contributed by atoms with Crippen LogP contribution < -0.4 is 0 Å². The molecule has 0 radical (unpaired) electrons. The lowest BCUT2D eigenvalue weighted by atomic mass is 10.0. The van der Waals surface area contributed by atoms with Gasteiger partial charge in [0, 0.05) is 9.75 Å². The molecule has 0 atom stereocenters. The number of hydrogen-bond acceptors (Lipinski definition) is 3. The fourth-order valence-electron chi connectivity index (χ4n) is 2.87. The fourth-order valence-corrected chi connectivity index (χ4v) is 4.02. The van der Waals surface area contributed by atoms with Crippen LogP contribution in [0.1, 0.15) is 31.1 Å². The van der Waals surface area contributed by atoms with E-state index >= 15 is 0 Å².